The molecule has 1 aromatic rings. The number of carbonyl (C=O) groups is 1. The summed E-state index contributed by atoms with van der Waals surface area (Å²) < 4.78 is 0. The molecule has 0 aliphatic carbocycles. The van der Waals surface area contributed by atoms with E-state index in [0.29, 0.717) is 4.88 Å². The molecule has 0 atom stereocenters. The Morgan fingerprint density at radius 1 is 1.56 bits per heavy atom. The zero-order valence-electron chi connectivity index (χ0n) is 9.84. The van der Waals surface area contributed by atoms with Gasteiger partial charge >= 0.3 is 0 Å². The quantitative estimate of drug-likeness (QED) is 0.849. The highest BCUT2D eigenvalue weighted by molar-refractivity contribution is 9.09. The number of hydrogen-bond donors (Lipinski definition) is 1. The molecule has 0 aliphatic rings. The number of amides is 1. The van der Waals surface area contributed by atoms with Crippen LogP contribution in [0.2, 0.25) is 0 Å². The lowest BCUT2D eigenvalue weighted by atomic mass is 9.95. The highest BCUT2D eigenvalue weighted by atomic mass is 79.9. The molecule has 5 heteroatoms. The summed E-state index contributed by atoms with van der Waals surface area (Å²) in [6, 6.07) is 0. The molecule has 1 amide bonds. The van der Waals surface area contributed by atoms with Gasteiger partial charge in [-0.25, -0.2) is 4.98 Å². The van der Waals surface area contributed by atoms with Crippen molar-refractivity contribution in [2.24, 2.45) is 0 Å². The number of aryl methyl sites for hydroxylation is 1. The Bertz CT molecular complexity index is 352. The Morgan fingerprint density at radius 3 is 2.56 bits per heavy atom. The topological polar surface area (TPSA) is 42.0 Å². The van der Waals surface area contributed by atoms with Gasteiger partial charge in [-0.15, -0.1) is 11.3 Å². The van der Waals surface area contributed by atoms with Crippen LogP contribution in [0.25, 0.3) is 0 Å². The molecular formula is C11H17BrN2OS. The normalized spacial score (nSPS) is 11.5. The van der Waals surface area contributed by atoms with Crippen LogP contribution in [-0.4, -0.2) is 21.8 Å². The van der Waals surface area contributed by atoms with Gasteiger partial charge in [0.15, 0.2) is 0 Å². The van der Waals surface area contributed by atoms with Gasteiger partial charge in [0.25, 0.3) is 5.91 Å². The van der Waals surface area contributed by atoms with Gasteiger partial charge in [-0.1, -0.05) is 29.8 Å². The first kappa shape index (κ1) is 13.6. The van der Waals surface area contributed by atoms with Crippen molar-refractivity contribution in [1.29, 1.82) is 0 Å². The van der Waals surface area contributed by atoms with E-state index in [1.165, 1.54) is 11.3 Å². The average Bonchev–Trinajstić information content (AvgIpc) is 2.73. The minimum absolute atomic E-state index is 0.0197. The number of carbonyl (C=O) groups excluding carboxylic acids is 1. The molecule has 0 spiro atoms. The highest BCUT2D eigenvalue weighted by Gasteiger charge is 2.27. The lowest BCUT2D eigenvalue weighted by Crippen LogP contribution is -2.48. The van der Waals surface area contributed by atoms with E-state index < -0.39 is 0 Å². The van der Waals surface area contributed by atoms with Gasteiger partial charge in [-0.3, -0.25) is 4.79 Å². The average molecular weight is 305 g/mol. The Hall–Kier alpha value is -0.420. The molecule has 0 saturated carbocycles. The Balaban J connectivity index is 2.76. The minimum Gasteiger partial charge on any atom is -0.345 e. The highest BCUT2D eigenvalue weighted by Crippen LogP contribution is 2.20. The zero-order chi connectivity index (χ0) is 12.2. The maximum absolute atomic E-state index is 12.0. The number of thiazole rings is 1. The first-order chi connectivity index (χ1) is 7.56. The third-order valence-corrected chi connectivity index (χ3v) is 4.82. The molecule has 0 aromatic carbocycles. The summed E-state index contributed by atoms with van der Waals surface area (Å²) in [7, 11) is 0. The molecule has 0 bridgehead atoms. The Kier molecular flexibility index (Phi) is 4.92. The van der Waals surface area contributed by atoms with E-state index in [1.54, 1.807) is 6.20 Å². The molecule has 0 radical (unpaired) electrons. The van der Waals surface area contributed by atoms with Crippen LogP contribution in [0.4, 0.5) is 0 Å². The fourth-order valence-corrected chi connectivity index (χ4v) is 3.02. The van der Waals surface area contributed by atoms with E-state index in [0.717, 1.165) is 23.2 Å². The first-order valence-electron chi connectivity index (χ1n) is 5.37. The van der Waals surface area contributed by atoms with Crippen LogP contribution in [-0.2, 0) is 0 Å². The number of nitrogens with one attached hydrogen (secondary N) is 1. The summed E-state index contributed by atoms with van der Waals surface area (Å²) in [6.07, 6.45) is 3.47. The largest absolute Gasteiger partial charge is 0.345 e. The summed E-state index contributed by atoms with van der Waals surface area (Å²) >= 11 is 4.90. The number of hydrogen-bond acceptors (Lipinski definition) is 3. The predicted octanol–water partition coefficient (Wildman–Crippen LogP) is 3.14. The third-order valence-electron chi connectivity index (χ3n) is 2.83. The van der Waals surface area contributed by atoms with E-state index in [9.17, 15) is 4.79 Å². The zero-order valence-corrected chi connectivity index (χ0v) is 12.2. The number of nitrogens with zero attached hydrogens (tertiary/aromatic N) is 1. The van der Waals surface area contributed by atoms with Crippen LogP contribution in [0.1, 0.15) is 41.4 Å². The number of halogens is 1. The van der Waals surface area contributed by atoms with E-state index in [-0.39, 0.29) is 11.4 Å². The fraction of sp³-hybridized carbons (Fsp3) is 0.636. The maximum atomic E-state index is 12.0. The van der Waals surface area contributed by atoms with Gasteiger partial charge < -0.3 is 5.32 Å². The fourth-order valence-electron chi connectivity index (χ4n) is 1.42. The van der Waals surface area contributed by atoms with Gasteiger partial charge in [-0.2, -0.15) is 0 Å². The molecule has 1 aromatic heterocycles. The maximum Gasteiger partial charge on any atom is 0.263 e. The van der Waals surface area contributed by atoms with Gasteiger partial charge in [0.1, 0.15) is 4.88 Å². The van der Waals surface area contributed by atoms with Gasteiger partial charge in [0, 0.05) is 10.9 Å². The monoisotopic (exact) mass is 304 g/mol. The van der Waals surface area contributed by atoms with Crippen LogP contribution in [0.5, 0.6) is 0 Å². The number of aromatic nitrogens is 1. The van der Waals surface area contributed by atoms with Crippen LogP contribution in [0.15, 0.2) is 6.20 Å². The molecule has 0 aliphatic heterocycles. The smallest absolute Gasteiger partial charge is 0.263 e. The molecule has 16 heavy (non-hydrogen) atoms. The van der Waals surface area contributed by atoms with Crippen molar-refractivity contribution in [2.75, 3.05) is 5.33 Å². The summed E-state index contributed by atoms with van der Waals surface area (Å²) in [4.78, 5) is 16.8. The number of alkyl halides is 1. The molecule has 3 nitrogen and oxygen atoms in total. The molecular weight excluding hydrogens is 288 g/mol. The van der Waals surface area contributed by atoms with E-state index >= 15 is 0 Å². The molecule has 0 fully saturated rings. The van der Waals surface area contributed by atoms with Crippen LogP contribution in [0, 0.1) is 6.92 Å². The minimum atomic E-state index is -0.144. The van der Waals surface area contributed by atoms with Crippen molar-refractivity contribution in [3.63, 3.8) is 0 Å². The van der Waals surface area contributed by atoms with Gasteiger partial charge in [0.2, 0.25) is 0 Å². The van der Waals surface area contributed by atoms with Crippen molar-refractivity contribution in [3.8, 4) is 0 Å². The lowest BCUT2D eigenvalue weighted by Gasteiger charge is -2.30. The molecule has 90 valence electrons. The second-order valence-electron chi connectivity index (χ2n) is 3.82. The summed E-state index contributed by atoms with van der Waals surface area (Å²) in [6.45, 7) is 6.07. The van der Waals surface area contributed by atoms with Crippen molar-refractivity contribution < 1.29 is 4.79 Å². The second-order valence-corrected chi connectivity index (χ2v) is 5.61. The van der Waals surface area contributed by atoms with Crippen molar-refractivity contribution in [3.05, 3.63) is 16.1 Å². The van der Waals surface area contributed by atoms with Crippen LogP contribution in [0.3, 0.4) is 0 Å². The summed E-state index contributed by atoms with van der Waals surface area (Å²) in [5.74, 6) is -0.0197. The molecule has 1 rings (SSSR count). The van der Waals surface area contributed by atoms with Crippen LogP contribution >= 0.6 is 27.3 Å². The lowest BCUT2D eigenvalue weighted by molar-refractivity contribution is 0.0907. The molecule has 0 saturated heterocycles. The first-order valence-corrected chi connectivity index (χ1v) is 7.31. The van der Waals surface area contributed by atoms with Crippen LogP contribution < -0.4 is 5.32 Å². The van der Waals surface area contributed by atoms with E-state index in [2.05, 4.69) is 40.1 Å². The predicted molar refractivity (Wildman–Crippen MR) is 71.4 cm³/mol. The van der Waals surface area contributed by atoms with E-state index in [1.807, 2.05) is 6.92 Å². The Labute approximate surface area is 109 Å². The molecule has 1 N–H and O–H groups in total. The molecule has 0 unspecified atom stereocenters. The second kappa shape index (κ2) is 5.77. The Morgan fingerprint density at radius 2 is 2.19 bits per heavy atom. The summed E-state index contributed by atoms with van der Waals surface area (Å²) in [5, 5.41) is 4.79. The van der Waals surface area contributed by atoms with E-state index in [4.69, 9.17) is 0 Å². The van der Waals surface area contributed by atoms with Crippen molar-refractivity contribution in [1.82, 2.24) is 10.3 Å². The summed E-state index contributed by atoms with van der Waals surface area (Å²) in [5.41, 5.74) is -0.144. The van der Waals surface area contributed by atoms with Gasteiger partial charge in [-0.05, 0) is 19.8 Å². The molecule has 1 heterocycles. The third kappa shape index (κ3) is 3.04. The van der Waals surface area contributed by atoms with Gasteiger partial charge in [0.05, 0.1) is 11.2 Å². The number of rotatable bonds is 5. The standard InChI is InChI=1S/C11H17BrN2OS/c1-4-11(5-2,7-12)14-10(15)9-6-13-8(3)16-9/h6H,4-5,7H2,1-3H3,(H,14,15). The SMILES string of the molecule is CCC(CC)(CBr)NC(=O)c1cnc(C)s1. The van der Waals surface area contributed by atoms with Crippen molar-refractivity contribution in [2.45, 2.75) is 39.2 Å². The van der Waals surface area contributed by atoms with Crippen molar-refractivity contribution >= 4 is 33.2 Å².